The van der Waals surface area contributed by atoms with Crippen molar-refractivity contribution in [1.29, 1.82) is 0 Å². The second-order valence-corrected chi connectivity index (χ2v) is 3.97. The highest BCUT2D eigenvalue weighted by Crippen LogP contribution is 2.18. The van der Waals surface area contributed by atoms with Gasteiger partial charge < -0.3 is 0 Å². The van der Waals surface area contributed by atoms with Gasteiger partial charge in [0.05, 0.1) is 0 Å². The number of amides is 1. The Bertz CT molecular complexity index is 277. The lowest BCUT2D eigenvalue weighted by atomic mass is 10.3. The largest absolute Gasteiger partial charge is 0.289 e. The van der Waals surface area contributed by atoms with Gasteiger partial charge in [0.15, 0.2) is 0 Å². The second-order valence-electron chi connectivity index (χ2n) is 2.80. The molecule has 4 heteroatoms. The third-order valence-corrected chi connectivity index (χ3v) is 2.78. The van der Waals surface area contributed by atoms with E-state index < -0.39 is 0 Å². The monoisotopic (exact) mass is 211 g/mol. The molecule has 0 aliphatic heterocycles. The third-order valence-electron chi connectivity index (χ3n) is 1.68. The van der Waals surface area contributed by atoms with Gasteiger partial charge >= 0.3 is 0 Å². The number of carbonyl (C=O) groups excluding carboxylic acids is 1. The molecule has 14 heavy (non-hydrogen) atoms. The van der Waals surface area contributed by atoms with Crippen LogP contribution < -0.4 is 5.48 Å². The molecule has 2 N–H and O–H groups in total. The summed E-state index contributed by atoms with van der Waals surface area (Å²) in [5.74, 6) is 0.566. The van der Waals surface area contributed by atoms with Gasteiger partial charge in [-0.3, -0.25) is 10.0 Å². The van der Waals surface area contributed by atoms with Crippen LogP contribution >= 0.6 is 11.8 Å². The minimum absolute atomic E-state index is 0.321. The normalized spacial score (nSPS) is 9.79. The molecule has 1 aromatic carbocycles. The molecular formula is C10H13NO2S. The van der Waals surface area contributed by atoms with E-state index in [1.165, 1.54) is 4.90 Å². The smallest absolute Gasteiger partial charge is 0.243 e. The van der Waals surface area contributed by atoms with Crippen LogP contribution in [0.4, 0.5) is 0 Å². The summed E-state index contributed by atoms with van der Waals surface area (Å²) < 4.78 is 0. The number of nitrogens with one attached hydrogen (secondary N) is 1. The highest BCUT2D eigenvalue weighted by Gasteiger charge is 1.98. The minimum atomic E-state index is -0.321. The average Bonchev–Trinajstić information content (AvgIpc) is 2.25. The van der Waals surface area contributed by atoms with E-state index in [0.29, 0.717) is 6.42 Å². The minimum Gasteiger partial charge on any atom is -0.289 e. The van der Waals surface area contributed by atoms with E-state index in [-0.39, 0.29) is 5.91 Å². The van der Waals surface area contributed by atoms with E-state index in [1.807, 2.05) is 30.3 Å². The first kappa shape index (κ1) is 11.1. The fourth-order valence-electron chi connectivity index (χ4n) is 0.995. The zero-order valence-electron chi connectivity index (χ0n) is 7.77. The van der Waals surface area contributed by atoms with Crippen LogP contribution in [0.15, 0.2) is 35.2 Å². The molecule has 0 saturated heterocycles. The van der Waals surface area contributed by atoms with Crippen LogP contribution in [0.25, 0.3) is 0 Å². The number of thioether (sulfide) groups is 1. The first-order chi connectivity index (χ1) is 6.83. The standard InChI is InChI=1S/C10H13NO2S/c12-10(11-13)7-4-8-14-9-5-2-1-3-6-9/h1-3,5-6,13H,4,7-8H2,(H,11,12). The summed E-state index contributed by atoms with van der Waals surface area (Å²) in [6, 6.07) is 10.0. The lowest BCUT2D eigenvalue weighted by molar-refractivity contribution is -0.129. The van der Waals surface area contributed by atoms with Crippen LogP contribution in [-0.4, -0.2) is 16.9 Å². The quantitative estimate of drug-likeness (QED) is 0.339. The van der Waals surface area contributed by atoms with E-state index in [0.717, 1.165) is 12.2 Å². The first-order valence-electron chi connectivity index (χ1n) is 4.43. The molecule has 0 radical (unpaired) electrons. The van der Waals surface area contributed by atoms with Gasteiger partial charge in [-0.25, -0.2) is 5.48 Å². The van der Waals surface area contributed by atoms with Crippen molar-refractivity contribution in [2.45, 2.75) is 17.7 Å². The van der Waals surface area contributed by atoms with E-state index >= 15 is 0 Å². The molecule has 0 aliphatic carbocycles. The summed E-state index contributed by atoms with van der Waals surface area (Å²) in [5.41, 5.74) is 1.62. The number of carbonyl (C=O) groups is 1. The summed E-state index contributed by atoms with van der Waals surface area (Å²) in [6.07, 6.45) is 1.14. The molecule has 3 nitrogen and oxygen atoms in total. The van der Waals surface area contributed by atoms with E-state index in [1.54, 1.807) is 17.2 Å². The van der Waals surface area contributed by atoms with Gasteiger partial charge in [-0.15, -0.1) is 11.8 Å². The number of hydrogen-bond acceptors (Lipinski definition) is 3. The maximum absolute atomic E-state index is 10.7. The van der Waals surface area contributed by atoms with Gasteiger partial charge in [0.25, 0.3) is 0 Å². The molecule has 0 unspecified atom stereocenters. The summed E-state index contributed by atoms with van der Waals surface area (Å²) >= 11 is 1.71. The van der Waals surface area contributed by atoms with Crippen LogP contribution in [0.2, 0.25) is 0 Å². The summed E-state index contributed by atoms with van der Waals surface area (Å²) in [6.45, 7) is 0. The van der Waals surface area contributed by atoms with Gasteiger partial charge in [-0.1, -0.05) is 18.2 Å². The molecule has 0 spiro atoms. The molecule has 1 rings (SSSR count). The Hall–Kier alpha value is -1.00. The SMILES string of the molecule is O=C(CCCSc1ccccc1)NO. The Labute approximate surface area is 87.5 Å². The lowest BCUT2D eigenvalue weighted by Gasteiger charge is -2.00. The third kappa shape index (κ3) is 4.30. The van der Waals surface area contributed by atoms with Crippen molar-refractivity contribution in [1.82, 2.24) is 5.48 Å². The van der Waals surface area contributed by atoms with Crippen molar-refractivity contribution in [2.75, 3.05) is 5.75 Å². The van der Waals surface area contributed by atoms with Crippen LogP contribution in [0.5, 0.6) is 0 Å². The summed E-state index contributed by atoms with van der Waals surface area (Å²) in [7, 11) is 0. The highest BCUT2D eigenvalue weighted by molar-refractivity contribution is 7.99. The number of benzene rings is 1. The number of rotatable bonds is 5. The zero-order chi connectivity index (χ0) is 10.2. The summed E-state index contributed by atoms with van der Waals surface area (Å²) in [4.78, 5) is 11.9. The Morgan fingerprint density at radius 2 is 2.07 bits per heavy atom. The van der Waals surface area contributed by atoms with Gasteiger partial charge in [0, 0.05) is 11.3 Å². The molecule has 1 aromatic rings. The average molecular weight is 211 g/mol. The maximum Gasteiger partial charge on any atom is 0.243 e. The van der Waals surface area contributed by atoms with E-state index in [4.69, 9.17) is 5.21 Å². The van der Waals surface area contributed by atoms with Crippen molar-refractivity contribution < 1.29 is 10.0 Å². The lowest BCUT2D eigenvalue weighted by Crippen LogP contribution is -2.17. The Morgan fingerprint density at radius 3 is 2.71 bits per heavy atom. The van der Waals surface area contributed by atoms with Gasteiger partial charge in [-0.2, -0.15) is 0 Å². The molecule has 0 aliphatic rings. The van der Waals surface area contributed by atoms with Gasteiger partial charge in [0.1, 0.15) is 0 Å². The fraction of sp³-hybridized carbons (Fsp3) is 0.300. The van der Waals surface area contributed by atoms with Crippen molar-refractivity contribution in [3.05, 3.63) is 30.3 Å². The van der Waals surface area contributed by atoms with Gasteiger partial charge in [0.2, 0.25) is 5.91 Å². The van der Waals surface area contributed by atoms with Crippen molar-refractivity contribution in [3.8, 4) is 0 Å². The number of hydrogen-bond donors (Lipinski definition) is 2. The first-order valence-corrected chi connectivity index (χ1v) is 5.42. The number of hydroxylamine groups is 1. The van der Waals surface area contributed by atoms with Crippen LogP contribution in [0.1, 0.15) is 12.8 Å². The van der Waals surface area contributed by atoms with Crippen molar-refractivity contribution in [2.24, 2.45) is 0 Å². The second kappa shape index (κ2) is 6.45. The summed E-state index contributed by atoms with van der Waals surface area (Å²) in [5, 5.41) is 8.24. The Morgan fingerprint density at radius 1 is 1.36 bits per heavy atom. The Balaban J connectivity index is 2.13. The maximum atomic E-state index is 10.7. The Kier molecular flexibility index (Phi) is 5.11. The zero-order valence-corrected chi connectivity index (χ0v) is 8.59. The van der Waals surface area contributed by atoms with Crippen molar-refractivity contribution >= 4 is 17.7 Å². The molecule has 0 heterocycles. The molecule has 0 fully saturated rings. The van der Waals surface area contributed by atoms with Crippen LogP contribution in [0.3, 0.4) is 0 Å². The van der Waals surface area contributed by atoms with E-state index in [2.05, 4.69) is 0 Å². The molecule has 76 valence electrons. The predicted molar refractivity (Wildman–Crippen MR) is 56.3 cm³/mol. The van der Waals surface area contributed by atoms with Gasteiger partial charge in [-0.05, 0) is 24.3 Å². The van der Waals surface area contributed by atoms with Crippen LogP contribution in [-0.2, 0) is 4.79 Å². The highest BCUT2D eigenvalue weighted by atomic mass is 32.2. The topological polar surface area (TPSA) is 49.3 Å². The molecular weight excluding hydrogens is 198 g/mol. The van der Waals surface area contributed by atoms with E-state index in [9.17, 15) is 4.79 Å². The molecule has 0 atom stereocenters. The van der Waals surface area contributed by atoms with Crippen LogP contribution in [0, 0.1) is 0 Å². The molecule has 0 bridgehead atoms. The molecule has 0 aromatic heterocycles. The predicted octanol–water partition coefficient (Wildman–Crippen LogP) is 2.06. The van der Waals surface area contributed by atoms with Crippen molar-refractivity contribution in [3.63, 3.8) is 0 Å². The fourth-order valence-corrected chi connectivity index (χ4v) is 1.87. The molecule has 1 amide bonds. The molecule has 0 saturated carbocycles.